The van der Waals surface area contributed by atoms with Gasteiger partial charge >= 0.3 is 0 Å². The second-order valence-corrected chi connectivity index (χ2v) is 9.38. The zero-order valence-electron chi connectivity index (χ0n) is 17.1. The number of H-pyrrole nitrogens is 1. The van der Waals surface area contributed by atoms with Crippen LogP contribution in [0.2, 0.25) is 0 Å². The van der Waals surface area contributed by atoms with Gasteiger partial charge in [0.2, 0.25) is 5.91 Å². The third-order valence-corrected chi connectivity index (χ3v) is 6.76. The van der Waals surface area contributed by atoms with Gasteiger partial charge in [-0.05, 0) is 19.4 Å². The second-order valence-electron chi connectivity index (χ2n) is 7.19. The maximum atomic E-state index is 12.7. The first-order valence-corrected chi connectivity index (χ1v) is 11.7. The standard InChI is InChI=1S/C21H22N6O2S2/c1-13(8-27-12-22-11-23-27)24-19(28)14(2)30-10-17-25-20(29)18-16(9-31-21(18)26-17)15-6-4-3-5-7-15/h3-7,9,11-14H,8,10H2,1-2H3,(H,24,28)(H,25,26,29). The topological polar surface area (TPSA) is 106 Å². The van der Waals surface area contributed by atoms with Gasteiger partial charge in [0, 0.05) is 17.0 Å². The summed E-state index contributed by atoms with van der Waals surface area (Å²) in [5, 5.41) is 9.31. The first-order chi connectivity index (χ1) is 15.0. The van der Waals surface area contributed by atoms with Crippen molar-refractivity contribution < 1.29 is 4.79 Å². The molecular formula is C21H22N6O2S2. The molecule has 3 heterocycles. The van der Waals surface area contributed by atoms with Crippen LogP contribution in [-0.2, 0) is 17.1 Å². The third-order valence-electron chi connectivity index (χ3n) is 4.73. The molecule has 3 aromatic heterocycles. The molecule has 160 valence electrons. The molecule has 1 aromatic carbocycles. The Hall–Kier alpha value is -2.98. The van der Waals surface area contributed by atoms with Gasteiger partial charge in [0.1, 0.15) is 23.3 Å². The molecule has 0 bridgehead atoms. The summed E-state index contributed by atoms with van der Waals surface area (Å²) in [5.41, 5.74) is 1.73. The van der Waals surface area contributed by atoms with Crippen LogP contribution in [0.5, 0.6) is 0 Å². The van der Waals surface area contributed by atoms with E-state index in [1.165, 1.54) is 29.4 Å². The number of aromatic amines is 1. The number of carbonyl (C=O) groups is 1. The lowest BCUT2D eigenvalue weighted by molar-refractivity contribution is -0.121. The summed E-state index contributed by atoms with van der Waals surface area (Å²) in [6.45, 7) is 4.32. The highest BCUT2D eigenvalue weighted by molar-refractivity contribution is 7.99. The van der Waals surface area contributed by atoms with Crippen LogP contribution in [0.3, 0.4) is 0 Å². The Morgan fingerprint density at radius 1 is 1.29 bits per heavy atom. The molecule has 31 heavy (non-hydrogen) atoms. The predicted octanol–water partition coefficient (Wildman–Crippen LogP) is 3.07. The van der Waals surface area contributed by atoms with E-state index in [2.05, 4.69) is 25.4 Å². The fraction of sp³-hybridized carbons (Fsp3) is 0.286. The third kappa shape index (κ3) is 5.02. The van der Waals surface area contributed by atoms with Crippen LogP contribution in [0.25, 0.3) is 21.3 Å². The molecule has 0 aliphatic rings. The first kappa shape index (κ1) is 21.3. The number of thioether (sulfide) groups is 1. The highest BCUT2D eigenvalue weighted by Gasteiger charge is 2.18. The Balaban J connectivity index is 1.39. The van der Waals surface area contributed by atoms with Crippen LogP contribution >= 0.6 is 23.1 Å². The molecular weight excluding hydrogens is 432 g/mol. The number of nitrogens with zero attached hydrogens (tertiary/aromatic N) is 4. The summed E-state index contributed by atoms with van der Waals surface area (Å²) in [5.74, 6) is 0.943. The summed E-state index contributed by atoms with van der Waals surface area (Å²) in [4.78, 5) is 37.3. The zero-order chi connectivity index (χ0) is 21.8. The second kappa shape index (κ2) is 9.44. The van der Waals surface area contributed by atoms with E-state index in [-0.39, 0.29) is 22.8 Å². The molecule has 8 nitrogen and oxygen atoms in total. The molecule has 0 aliphatic heterocycles. The summed E-state index contributed by atoms with van der Waals surface area (Å²) >= 11 is 2.89. The molecule has 0 radical (unpaired) electrons. The summed E-state index contributed by atoms with van der Waals surface area (Å²) < 4.78 is 1.68. The molecule has 2 atom stereocenters. The van der Waals surface area contributed by atoms with Gasteiger partial charge in [0.15, 0.2) is 0 Å². The molecule has 4 rings (SSSR count). The number of thiophene rings is 1. The lowest BCUT2D eigenvalue weighted by atomic mass is 10.1. The van der Waals surface area contributed by atoms with Gasteiger partial charge in [-0.3, -0.25) is 14.3 Å². The van der Waals surface area contributed by atoms with Crippen LogP contribution in [0, 0.1) is 0 Å². The van der Waals surface area contributed by atoms with Crippen LogP contribution in [0.4, 0.5) is 0 Å². The molecule has 0 saturated heterocycles. The maximum absolute atomic E-state index is 12.7. The van der Waals surface area contributed by atoms with E-state index >= 15 is 0 Å². The predicted molar refractivity (Wildman–Crippen MR) is 124 cm³/mol. The number of fused-ring (bicyclic) bond motifs is 1. The zero-order valence-corrected chi connectivity index (χ0v) is 18.7. The van der Waals surface area contributed by atoms with Crippen LogP contribution < -0.4 is 10.9 Å². The maximum Gasteiger partial charge on any atom is 0.260 e. The van der Waals surface area contributed by atoms with Crippen molar-refractivity contribution in [1.82, 2.24) is 30.0 Å². The monoisotopic (exact) mass is 454 g/mol. The van der Waals surface area contributed by atoms with Gasteiger partial charge in [-0.2, -0.15) is 5.10 Å². The van der Waals surface area contributed by atoms with Crippen LogP contribution in [0.1, 0.15) is 19.7 Å². The normalized spacial score (nSPS) is 13.2. The van der Waals surface area contributed by atoms with Crippen molar-refractivity contribution in [2.45, 2.75) is 37.4 Å². The molecule has 0 saturated carbocycles. The largest absolute Gasteiger partial charge is 0.351 e. The highest BCUT2D eigenvalue weighted by atomic mass is 32.2. The van der Waals surface area contributed by atoms with E-state index in [1.54, 1.807) is 11.0 Å². The van der Waals surface area contributed by atoms with Gasteiger partial charge < -0.3 is 10.3 Å². The Bertz CT molecular complexity index is 1220. The molecule has 0 spiro atoms. The molecule has 2 unspecified atom stereocenters. The van der Waals surface area contributed by atoms with Crippen molar-refractivity contribution in [3.05, 3.63) is 64.5 Å². The number of aromatic nitrogens is 5. The minimum Gasteiger partial charge on any atom is -0.351 e. The Morgan fingerprint density at radius 2 is 2.10 bits per heavy atom. The van der Waals surface area contributed by atoms with Gasteiger partial charge in [-0.25, -0.2) is 9.97 Å². The fourth-order valence-electron chi connectivity index (χ4n) is 3.19. The number of amides is 1. The average molecular weight is 455 g/mol. The number of nitrogens with one attached hydrogen (secondary N) is 2. The number of rotatable bonds is 8. The minimum atomic E-state index is -0.289. The van der Waals surface area contributed by atoms with Crippen molar-refractivity contribution >= 4 is 39.2 Å². The SMILES string of the molecule is CC(Cn1cncn1)NC(=O)C(C)SCc1nc2scc(-c3ccccc3)c2c(=O)[nH]1. The Labute approximate surface area is 187 Å². The number of carbonyl (C=O) groups excluding carboxylic acids is 1. The van der Waals surface area contributed by atoms with Crippen molar-refractivity contribution in [1.29, 1.82) is 0 Å². The molecule has 1 amide bonds. The van der Waals surface area contributed by atoms with E-state index in [9.17, 15) is 9.59 Å². The summed E-state index contributed by atoms with van der Waals surface area (Å²) in [6.07, 6.45) is 3.08. The van der Waals surface area contributed by atoms with Crippen molar-refractivity contribution in [3.8, 4) is 11.1 Å². The van der Waals surface area contributed by atoms with Crippen LogP contribution in [-0.4, -0.2) is 41.9 Å². The average Bonchev–Trinajstić information content (AvgIpc) is 3.42. The number of hydrogen-bond donors (Lipinski definition) is 2. The molecule has 4 aromatic rings. The van der Waals surface area contributed by atoms with Crippen molar-refractivity contribution in [3.63, 3.8) is 0 Å². The quantitative estimate of drug-likeness (QED) is 0.424. The Morgan fingerprint density at radius 3 is 2.84 bits per heavy atom. The first-order valence-electron chi connectivity index (χ1n) is 9.81. The lowest BCUT2D eigenvalue weighted by Crippen LogP contribution is -2.40. The molecule has 0 aliphatic carbocycles. The van der Waals surface area contributed by atoms with E-state index in [0.717, 1.165) is 11.1 Å². The molecule has 0 fully saturated rings. The van der Waals surface area contributed by atoms with Crippen LogP contribution in [0.15, 0.2) is 53.2 Å². The molecule has 2 N–H and O–H groups in total. The van der Waals surface area contributed by atoms with Gasteiger partial charge in [0.25, 0.3) is 5.56 Å². The van der Waals surface area contributed by atoms with E-state index in [0.29, 0.717) is 28.3 Å². The lowest BCUT2D eigenvalue weighted by Gasteiger charge is -2.17. The van der Waals surface area contributed by atoms with E-state index in [4.69, 9.17) is 0 Å². The van der Waals surface area contributed by atoms with Gasteiger partial charge in [0.05, 0.1) is 22.9 Å². The number of hydrogen-bond acceptors (Lipinski definition) is 7. The summed E-state index contributed by atoms with van der Waals surface area (Å²) in [6, 6.07) is 9.73. The van der Waals surface area contributed by atoms with Gasteiger partial charge in [-0.15, -0.1) is 23.1 Å². The summed E-state index contributed by atoms with van der Waals surface area (Å²) in [7, 11) is 0. The van der Waals surface area contributed by atoms with E-state index < -0.39 is 0 Å². The molecule has 10 heteroatoms. The smallest absolute Gasteiger partial charge is 0.260 e. The number of benzene rings is 1. The minimum absolute atomic E-state index is 0.0662. The van der Waals surface area contributed by atoms with Crippen molar-refractivity contribution in [2.75, 3.05) is 0 Å². The van der Waals surface area contributed by atoms with Crippen molar-refractivity contribution in [2.24, 2.45) is 0 Å². The van der Waals surface area contributed by atoms with E-state index in [1.807, 2.05) is 49.6 Å². The highest BCUT2D eigenvalue weighted by Crippen LogP contribution is 2.30. The fourth-order valence-corrected chi connectivity index (χ4v) is 4.92. The van der Waals surface area contributed by atoms with Gasteiger partial charge in [-0.1, -0.05) is 30.3 Å². The Kier molecular flexibility index (Phi) is 6.47.